The molecule has 1 aromatic carbocycles. The zero-order chi connectivity index (χ0) is 17.4. The topological polar surface area (TPSA) is 72.5 Å². The average molecular weight is 319 g/mol. The van der Waals surface area contributed by atoms with E-state index >= 15 is 0 Å². The van der Waals surface area contributed by atoms with Crippen molar-refractivity contribution >= 4 is 17.7 Å². The summed E-state index contributed by atoms with van der Waals surface area (Å²) in [6.45, 7) is 6.98. The van der Waals surface area contributed by atoms with Gasteiger partial charge in [-0.05, 0) is 25.3 Å². The van der Waals surface area contributed by atoms with Crippen LogP contribution in [0.15, 0.2) is 30.3 Å². The van der Waals surface area contributed by atoms with Crippen LogP contribution in [-0.2, 0) is 25.7 Å². The lowest BCUT2D eigenvalue weighted by Gasteiger charge is -2.21. The summed E-state index contributed by atoms with van der Waals surface area (Å²) in [6, 6.07) is 8.82. The third-order valence-electron chi connectivity index (χ3n) is 3.74. The fourth-order valence-electron chi connectivity index (χ4n) is 2.03. The highest BCUT2D eigenvalue weighted by molar-refractivity contribution is 5.89. The second-order valence-electron chi connectivity index (χ2n) is 6.04. The van der Waals surface area contributed by atoms with Crippen molar-refractivity contribution in [3.8, 4) is 0 Å². The number of carbonyl (C=O) groups is 3. The van der Waals surface area contributed by atoms with Crippen LogP contribution in [0.2, 0.25) is 0 Å². The number of Topliss-reactive ketones (excluding diaryl/α,β-unsaturated/α-hetero) is 1. The predicted octanol–water partition coefficient (Wildman–Crippen LogP) is 2.49. The third kappa shape index (κ3) is 6.63. The highest BCUT2D eigenvalue weighted by Crippen LogP contribution is 2.17. The molecule has 1 rings (SSSR count). The molecule has 0 saturated carbocycles. The lowest BCUT2D eigenvalue weighted by atomic mass is 9.91. The van der Waals surface area contributed by atoms with Gasteiger partial charge in [0.25, 0.3) is 0 Å². The van der Waals surface area contributed by atoms with Crippen LogP contribution < -0.4 is 5.32 Å². The van der Waals surface area contributed by atoms with E-state index in [1.54, 1.807) is 6.92 Å². The van der Waals surface area contributed by atoms with Crippen LogP contribution in [0.25, 0.3) is 0 Å². The Kier molecular flexibility index (Phi) is 7.45. The average Bonchev–Trinajstić information content (AvgIpc) is 2.51. The molecule has 5 heteroatoms. The summed E-state index contributed by atoms with van der Waals surface area (Å²) in [5.41, 5.74) is 0.900. The maximum atomic E-state index is 12.2. The molecule has 0 heterocycles. The lowest BCUT2D eigenvalue weighted by molar-refractivity contribution is -0.149. The van der Waals surface area contributed by atoms with Crippen molar-refractivity contribution in [2.45, 2.75) is 46.8 Å². The Labute approximate surface area is 137 Å². The molecule has 0 aliphatic rings. The van der Waals surface area contributed by atoms with E-state index in [4.69, 9.17) is 4.74 Å². The van der Waals surface area contributed by atoms with Crippen LogP contribution in [0, 0.1) is 11.8 Å². The standard InChI is InChI=1S/C18H25NO4/c1-12(2)16(18(22)19-13(3)14(4)20)10-17(21)23-11-15-8-6-5-7-9-15/h5-9,12-13,16H,10-11H2,1-4H3,(H,19,22)/t13-,16-/m0/s1. The van der Waals surface area contributed by atoms with E-state index in [0.717, 1.165) is 5.56 Å². The van der Waals surface area contributed by atoms with Gasteiger partial charge in [0.05, 0.1) is 18.4 Å². The molecular weight excluding hydrogens is 294 g/mol. The normalized spacial score (nSPS) is 13.3. The Morgan fingerprint density at radius 2 is 1.70 bits per heavy atom. The Morgan fingerprint density at radius 3 is 2.22 bits per heavy atom. The van der Waals surface area contributed by atoms with Gasteiger partial charge < -0.3 is 10.1 Å². The number of esters is 1. The molecule has 0 bridgehead atoms. The Bertz CT molecular complexity index is 539. The van der Waals surface area contributed by atoms with Gasteiger partial charge >= 0.3 is 5.97 Å². The first-order valence-electron chi connectivity index (χ1n) is 7.81. The van der Waals surface area contributed by atoms with Gasteiger partial charge in [-0.1, -0.05) is 44.2 Å². The molecule has 126 valence electrons. The summed E-state index contributed by atoms with van der Waals surface area (Å²) in [7, 11) is 0. The van der Waals surface area contributed by atoms with Gasteiger partial charge in [-0.2, -0.15) is 0 Å². The third-order valence-corrected chi connectivity index (χ3v) is 3.74. The predicted molar refractivity (Wildman–Crippen MR) is 87.5 cm³/mol. The molecule has 23 heavy (non-hydrogen) atoms. The minimum absolute atomic E-state index is 0.000951. The Balaban J connectivity index is 2.56. The largest absolute Gasteiger partial charge is 0.461 e. The van der Waals surface area contributed by atoms with E-state index in [1.807, 2.05) is 44.2 Å². The van der Waals surface area contributed by atoms with Gasteiger partial charge in [0.2, 0.25) is 5.91 Å². The van der Waals surface area contributed by atoms with Gasteiger partial charge in [0.1, 0.15) is 6.61 Å². The van der Waals surface area contributed by atoms with Crippen molar-refractivity contribution in [3.05, 3.63) is 35.9 Å². The summed E-state index contributed by atoms with van der Waals surface area (Å²) in [5, 5.41) is 2.64. The van der Waals surface area contributed by atoms with E-state index in [1.165, 1.54) is 6.92 Å². The number of amides is 1. The van der Waals surface area contributed by atoms with Crippen LogP contribution in [0.3, 0.4) is 0 Å². The number of rotatable bonds is 8. The minimum atomic E-state index is -0.552. The van der Waals surface area contributed by atoms with Crippen LogP contribution in [0.4, 0.5) is 0 Å². The number of carbonyl (C=O) groups excluding carboxylic acids is 3. The maximum Gasteiger partial charge on any atom is 0.306 e. The maximum absolute atomic E-state index is 12.2. The number of ketones is 1. The second kappa shape index (κ2) is 9.08. The SMILES string of the molecule is CC(=O)[C@H](C)NC(=O)[C@@H](CC(=O)OCc1ccccc1)C(C)C. The highest BCUT2D eigenvalue weighted by atomic mass is 16.5. The number of benzene rings is 1. The number of hydrogen-bond donors (Lipinski definition) is 1. The summed E-state index contributed by atoms with van der Waals surface area (Å²) in [4.78, 5) is 35.5. The molecule has 1 N–H and O–H groups in total. The van der Waals surface area contributed by atoms with Gasteiger partial charge in [-0.3, -0.25) is 14.4 Å². The molecule has 0 fully saturated rings. The number of nitrogens with one attached hydrogen (secondary N) is 1. The fraction of sp³-hybridized carbons (Fsp3) is 0.500. The van der Waals surface area contributed by atoms with Crippen molar-refractivity contribution in [3.63, 3.8) is 0 Å². The monoisotopic (exact) mass is 319 g/mol. The first kappa shape index (κ1) is 18.9. The molecule has 0 saturated heterocycles. The van der Waals surface area contributed by atoms with Gasteiger partial charge in [0.15, 0.2) is 5.78 Å². The van der Waals surface area contributed by atoms with Crippen LogP contribution in [0.1, 0.15) is 39.7 Å². The summed E-state index contributed by atoms with van der Waals surface area (Å²) in [6.07, 6.45) is 0.000951. The number of ether oxygens (including phenoxy) is 1. The van der Waals surface area contributed by atoms with Gasteiger partial charge in [0, 0.05) is 0 Å². The molecule has 0 unspecified atom stereocenters. The Hall–Kier alpha value is -2.17. The van der Waals surface area contributed by atoms with Crippen LogP contribution in [0.5, 0.6) is 0 Å². The molecule has 5 nitrogen and oxygen atoms in total. The van der Waals surface area contributed by atoms with Gasteiger partial charge in [-0.15, -0.1) is 0 Å². The summed E-state index contributed by atoms with van der Waals surface area (Å²) in [5.74, 6) is -1.37. The molecular formula is C18H25NO4. The van der Waals surface area contributed by atoms with Crippen molar-refractivity contribution in [2.24, 2.45) is 11.8 Å². The smallest absolute Gasteiger partial charge is 0.306 e. The highest BCUT2D eigenvalue weighted by Gasteiger charge is 2.27. The fourth-order valence-corrected chi connectivity index (χ4v) is 2.03. The molecule has 0 aliphatic heterocycles. The van der Waals surface area contributed by atoms with Crippen molar-refractivity contribution in [1.82, 2.24) is 5.32 Å². The molecule has 0 spiro atoms. The van der Waals surface area contributed by atoms with Crippen LogP contribution >= 0.6 is 0 Å². The van der Waals surface area contributed by atoms with E-state index in [9.17, 15) is 14.4 Å². The van der Waals surface area contributed by atoms with E-state index in [2.05, 4.69) is 5.32 Å². The zero-order valence-corrected chi connectivity index (χ0v) is 14.2. The summed E-state index contributed by atoms with van der Waals surface area (Å²) >= 11 is 0. The van der Waals surface area contributed by atoms with E-state index in [0.29, 0.717) is 0 Å². The van der Waals surface area contributed by atoms with Crippen molar-refractivity contribution in [2.75, 3.05) is 0 Å². The molecule has 2 atom stereocenters. The molecule has 1 aromatic rings. The van der Waals surface area contributed by atoms with E-state index < -0.39 is 17.9 Å². The molecule has 1 amide bonds. The van der Waals surface area contributed by atoms with Crippen LogP contribution in [-0.4, -0.2) is 23.7 Å². The number of hydrogen-bond acceptors (Lipinski definition) is 4. The first-order chi connectivity index (χ1) is 10.8. The second-order valence-corrected chi connectivity index (χ2v) is 6.04. The molecule has 0 aromatic heterocycles. The van der Waals surface area contributed by atoms with Gasteiger partial charge in [-0.25, -0.2) is 0 Å². The molecule has 0 radical (unpaired) electrons. The minimum Gasteiger partial charge on any atom is -0.461 e. The van der Waals surface area contributed by atoms with E-state index in [-0.39, 0.29) is 30.6 Å². The first-order valence-corrected chi connectivity index (χ1v) is 7.81. The van der Waals surface area contributed by atoms with Crippen molar-refractivity contribution < 1.29 is 19.1 Å². The Morgan fingerprint density at radius 1 is 1.09 bits per heavy atom. The van der Waals surface area contributed by atoms with Crippen molar-refractivity contribution in [1.29, 1.82) is 0 Å². The lowest BCUT2D eigenvalue weighted by Crippen LogP contribution is -2.43. The summed E-state index contributed by atoms with van der Waals surface area (Å²) < 4.78 is 5.23. The quantitative estimate of drug-likeness (QED) is 0.747. The zero-order valence-electron chi connectivity index (χ0n) is 14.2. The molecule has 0 aliphatic carbocycles.